The highest BCUT2D eigenvalue weighted by Gasteiger charge is 2.19. The molecule has 1 aromatic carbocycles. The second-order valence-electron chi connectivity index (χ2n) is 4.15. The van der Waals surface area contributed by atoms with E-state index < -0.39 is 21.8 Å². The molecule has 0 saturated heterocycles. The predicted molar refractivity (Wildman–Crippen MR) is 80.1 cm³/mol. The van der Waals surface area contributed by atoms with E-state index in [2.05, 4.69) is 0 Å². The maximum atomic E-state index is 11.9. The van der Waals surface area contributed by atoms with Crippen LogP contribution < -0.4 is 15.2 Å². The second-order valence-corrected chi connectivity index (χ2v) is 7.00. The third-order valence-corrected chi connectivity index (χ3v) is 5.21. The molecule has 22 heavy (non-hydrogen) atoms. The van der Waals surface area contributed by atoms with E-state index in [4.69, 9.17) is 10.5 Å². The monoisotopic (exact) mass is 340 g/mol. The summed E-state index contributed by atoms with van der Waals surface area (Å²) in [6, 6.07) is 8.63. The highest BCUT2D eigenvalue weighted by molar-refractivity contribution is 7.92. The Morgan fingerprint density at radius 2 is 1.86 bits per heavy atom. The topological polar surface area (TPSA) is 116 Å². The van der Waals surface area contributed by atoms with E-state index in [1.54, 1.807) is 11.4 Å². The zero-order chi connectivity index (χ0) is 16.2. The number of hydrogen-bond donors (Lipinski definition) is 2. The van der Waals surface area contributed by atoms with Crippen LogP contribution in [-0.2, 0) is 14.8 Å². The van der Waals surface area contributed by atoms with Crippen LogP contribution in [0.2, 0.25) is 0 Å². The number of benzene rings is 1. The van der Waals surface area contributed by atoms with Crippen LogP contribution >= 0.6 is 11.3 Å². The third-order valence-electron chi connectivity index (χ3n) is 2.48. The Morgan fingerprint density at radius 3 is 2.41 bits per heavy atom. The minimum Gasteiger partial charge on any atom is -0.484 e. The Kier molecular flexibility index (Phi) is 4.78. The fourth-order valence-electron chi connectivity index (χ4n) is 1.50. The Morgan fingerprint density at radius 1 is 1.18 bits per heavy atom. The van der Waals surface area contributed by atoms with E-state index in [0.717, 1.165) is 11.3 Å². The van der Waals surface area contributed by atoms with Crippen LogP contribution in [0.1, 0.15) is 10.4 Å². The third kappa shape index (κ3) is 4.06. The SMILES string of the molecule is NC(=O)COc1ccc(C(=O)NS(=O)(=O)c2cccs2)cc1. The summed E-state index contributed by atoms with van der Waals surface area (Å²) in [5, 5.41) is 1.60. The van der Waals surface area contributed by atoms with Gasteiger partial charge in [0.05, 0.1) is 0 Å². The lowest BCUT2D eigenvalue weighted by molar-refractivity contribution is -0.119. The van der Waals surface area contributed by atoms with E-state index in [9.17, 15) is 18.0 Å². The minimum atomic E-state index is -3.87. The molecular formula is C13H12N2O5S2. The lowest BCUT2D eigenvalue weighted by Crippen LogP contribution is -2.30. The molecule has 1 heterocycles. The van der Waals surface area contributed by atoms with Crippen LogP contribution in [0.4, 0.5) is 0 Å². The lowest BCUT2D eigenvalue weighted by Gasteiger charge is -2.07. The zero-order valence-corrected chi connectivity index (χ0v) is 12.8. The number of carbonyl (C=O) groups excluding carboxylic acids is 2. The molecule has 0 fully saturated rings. The van der Waals surface area contributed by atoms with Crippen molar-refractivity contribution in [2.24, 2.45) is 5.73 Å². The number of primary amides is 1. The van der Waals surface area contributed by atoms with Crippen LogP contribution in [0, 0.1) is 0 Å². The van der Waals surface area contributed by atoms with Gasteiger partial charge in [-0.15, -0.1) is 11.3 Å². The first-order valence-corrected chi connectivity index (χ1v) is 8.36. The number of carbonyl (C=O) groups is 2. The summed E-state index contributed by atoms with van der Waals surface area (Å²) in [6.45, 7) is -0.279. The Hall–Kier alpha value is -2.39. The summed E-state index contributed by atoms with van der Waals surface area (Å²) in [5.74, 6) is -1.03. The smallest absolute Gasteiger partial charge is 0.273 e. The molecule has 0 saturated carbocycles. The minimum absolute atomic E-state index is 0.0576. The molecule has 2 amide bonds. The summed E-state index contributed by atoms with van der Waals surface area (Å²) in [6.07, 6.45) is 0. The fourth-order valence-corrected chi connectivity index (χ4v) is 3.47. The van der Waals surface area contributed by atoms with Crippen molar-refractivity contribution in [1.82, 2.24) is 4.72 Å². The van der Waals surface area contributed by atoms with Gasteiger partial charge in [-0.05, 0) is 35.7 Å². The zero-order valence-electron chi connectivity index (χ0n) is 11.2. The summed E-state index contributed by atoms with van der Waals surface area (Å²) >= 11 is 1.01. The first kappa shape index (κ1) is 16.0. The molecule has 0 unspecified atom stereocenters. The van der Waals surface area contributed by atoms with Gasteiger partial charge in [0.2, 0.25) is 0 Å². The first-order valence-electron chi connectivity index (χ1n) is 6.00. The van der Waals surface area contributed by atoms with Crippen LogP contribution in [0.5, 0.6) is 5.75 Å². The average Bonchev–Trinajstić information content (AvgIpc) is 3.00. The van der Waals surface area contributed by atoms with Crippen LogP contribution in [0.3, 0.4) is 0 Å². The lowest BCUT2D eigenvalue weighted by atomic mass is 10.2. The van der Waals surface area contributed by atoms with E-state index in [1.165, 1.54) is 30.3 Å². The molecule has 0 bridgehead atoms. The van der Waals surface area contributed by atoms with Crippen LogP contribution in [0.25, 0.3) is 0 Å². The number of nitrogens with two attached hydrogens (primary N) is 1. The maximum absolute atomic E-state index is 11.9. The molecule has 0 aliphatic carbocycles. The summed E-state index contributed by atoms with van der Waals surface area (Å²) < 4.78 is 30.9. The normalized spacial score (nSPS) is 10.9. The van der Waals surface area contributed by atoms with E-state index in [1.807, 2.05) is 4.72 Å². The van der Waals surface area contributed by atoms with Gasteiger partial charge in [-0.3, -0.25) is 9.59 Å². The van der Waals surface area contributed by atoms with E-state index in [0.29, 0.717) is 5.75 Å². The van der Waals surface area contributed by atoms with Gasteiger partial charge >= 0.3 is 0 Å². The Labute approximate surface area is 130 Å². The molecule has 0 atom stereocenters. The highest BCUT2D eigenvalue weighted by Crippen LogP contribution is 2.17. The highest BCUT2D eigenvalue weighted by atomic mass is 32.2. The Bertz CT molecular complexity index is 767. The van der Waals surface area contributed by atoms with Crippen molar-refractivity contribution in [3.05, 3.63) is 47.3 Å². The van der Waals surface area contributed by atoms with Gasteiger partial charge in [-0.1, -0.05) is 6.07 Å². The molecule has 3 N–H and O–H groups in total. The molecule has 1 aromatic heterocycles. The summed E-state index contributed by atoms with van der Waals surface area (Å²) in [4.78, 5) is 22.5. The van der Waals surface area contributed by atoms with Crippen molar-refractivity contribution >= 4 is 33.2 Å². The molecule has 0 aliphatic heterocycles. The molecule has 0 aliphatic rings. The number of nitrogens with one attached hydrogen (secondary N) is 1. The predicted octanol–water partition coefficient (Wildman–Crippen LogP) is 0.731. The fraction of sp³-hybridized carbons (Fsp3) is 0.0769. The molecule has 116 valence electrons. The molecule has 0 radical (unpaired) electrons. The van der Waals surface area contributed by atoms with E-state index >= 15 is 0 Å². The average molecular weight is 340 g/mol. The number of thiophene rings is 1. The molecule has 9 heteroatoms. The standard InChI is InChI=1S/C13H12N2O5S2/c14-11(16)8-20-10-5-3-9(4-6-10)13(17)15-22(18,19)12-2-1-7-21-12/h1-7H,8H2,(H2,14,16)(H,15,17). The van der Waals surface area contributed by atoms with Crippen LogP contribution in [-0.4, -0.2) is 26.8 Å². The molecule has 2 aromatic rings. The van der Waals surface area contributed by atoms with Gasteiger partial charge in [0.25, 0.3) is 21.8 Å². The number of sulfonamides is 1. The first-order chi connectivity index (χ1) is 10.4. The maximum Gasteiger partial charge on any atom is 0.273 e. The Balaban J connectivity index is 2.05. The van der Waals surface area contributed by atoms with Crippen LogP contribution in [0.15, 0.2) is 46.0 Å². The molecule has 7 nitrogen and oxygen atoms in total. The van der Waals surface area contributed by atoms with Gasteiger partial charge in [-0.25, -0.2) is 13.1 Å². The van der Waals surface area contributed by atoms with Gasteiger partial charge in [-0.2, -0.15) is 0 Å². The second kappa shape index (κ2) is 6.58. The quantitative estimate of drug-likeness (QED) is 0.804. The van der Waals surface area contributed by atoms with Crippen molar-refractivity contribution in [1.29, 1.82) is 0 Å². The van der Waals surface area contributed by atoms with Crippen molar-refractivity contribution in [2.75, 3.05) is 6.61 Å². The largest absolute Gasteiger partial charge is 0.484 e. The van der Waals surface area contributed by atoms with Gasteiger partial charge < -0.3 is 10.5 Å². The van der Waals surface area contributed by atoms with Gasteiger partial charge in [0.15, 0.2) is 6.61 Å². The van der Waals surface area contributed by atoms with E-state index in [-0.39, 0.29) is 16.4 Å². The molecular weight excluding hydrogens is 328 g/mol. The van der Waals surface area contributed by atoms with Crippen molar-refractivity contribution < 1.29 is 22.7 Å². The molecule has 0 spiro atoms. The summed E-state index contributed by atoms with van der Waals surface area (Å²) in [5.41, 5.74) is 5.09. The number of ether oxygens (including phenoxy) is 1. The van der Waals surface area contributed by atoms with Crippen molar-refractivity contribution in [3.63, 3.8) is 0 Å². The number of amides is 2. The summed E-state index contributed by atoms with van der Waals surface area (Å²) in [7, 11) is -3.87. The van der Waals surface area contributed by atoms with Crippen molar-refractivity contribution in [3.8, 4) is 5.75 Å². The number of rotatable bonds is 6. The van der Waals surface area contributed by atoms with Crippen molar-refractivity contribution in [2.45, 2.75) is 4.21 Å². The molecule has 2 rings (SSSR count). The number of hydrogen-bond acceptors (Lipinski definition) is 6. The van der Waals surface area contributed by atoms with Gasteiger partial charge in [0.1, 0.15) is 9.96 Å². The van der Waals surface area contributed by atoms with Gasteiger partial charge in [0, 0.05) is 5.56 Å².